The highest BCUT2D eigenvalue weighted by molar-refractivity contribution is 4.88. The average Bonchev–Trinajstić information content (AvgIpc) is 2.89. The molecule has 1 atom stereocenters. The number of nitrogens with zero attached hydrogens (tertiary/aromatic N) is 1. The van der Waals surface area contributed by atoms with E-state index >= 15 is 0 Å². The van der Waals surface area contributed by atoms with Crippen molar-refractivity contribution in [1.82, 2.24) is 4.90 Å². The Morgan fingerprint density at radius 1 is 1.31 bits per heavy atom. The van der Waals surface area contributed by atoms with Crippen LogP contribution in [0.1, 0.15) is 45.4 Å². The van der Waals surface area contributed by atoms with Crippen molar-refractivity contribution in [2.75, 3.05) is 26.2 Å². The van der Waals surface area contributed by atoms with Crippen LogP contribution < -0.4 is 0 Å². The Morgan fingerprint density at radius 2 is 2.06 bits per heavy atom. The normalized spacial score (nSPS) is 29.1. The van der Waals surface area contributed by atoms with Crippen molar-refractivity contribution in [1.29, 1.82) is 0 Å². The van der Waals surface area contributed by atoms with Crippen LogP contribution >= 0.6 is 0 Å². The number of ether oxygens (including phenoxy) is 1. The smallest absolute Gasteiger partial charge is 0.0774 e. The summed E-state index contributed by atoms with van der Waals surface area (Å²) in [6.45, 7) is 5.95. The lowest BCUT2D eigenvalue weighted by Crippen LogP contribution is -2.44. The van der Waals surface area contributed by atoms with Gasteiger partial charge in [-0.1, -0.05) is 19.8 Å². The fourth-order valence-corrected chi connectivity index (χ4v) is 2.99. The Bertz CT molecular complexity index is 208. The minimum Gasteiger partial charge on any atom is -0.389 e. The summed E-state index contributed by atoms with van der Waals surface area (Å²) in [4.78, 5) is 2.36. The second-order valence-electron chi connectivity index (χ2n) is 5.39. The minimum absolute atomic E-state index is 0.407. The lowest BCUT2D eigenvalue weighted by atomic mass is 10.0. The molecule has 1 saturated carbocycles. The van der Waals surface area contributed by atoms with Crippen LogP contribution in [0.15, 0.2) is 0 Å². The van der Waals surface area contributed by atoms with Crippen molar-refractivity contribution < 1.29 is 9.84 Å². The molecule has 0 amide bonds. The summed E-state index contributed by atoms with van der Waals surface area (Å²) in [5, 5.41) is 10.4. The Morgan fingerprint density at radius 3 is 2.62 bits per heavy atom. The van der Waals surface area contributed by atoms with Crippen molar-refractivity contribution in [3.05, 3.63) is 0 Å². The molecule has 0 aromatic carbocycles. The quantitative estimate of drug-likeness (QED) is 0.777. The number of hydrogen-bond donors (Lipinski definition) is 1. The van der Waals surface area contributed by atoms with Gasteiger partial charge in [0.15, 0.2) is 0 Å². The molecule has 2 aliphatic rings. The summed E-state index contributed by atoms with van der Waals surface area (Å²) in [7, 11) is 0. The van der Waals surface area contributed by atoms with Gasteiger partial charge < -0.3 is 9.84 Å². The summed E-state index contributed by atoms with van der Waals surface area (Å²) in [5.74, 6) is 0. The lowest BCUT2D eigenvalue weighted by Gasteiger charge is -2.31. The molecule has 1 N–H and O–H groups in total. The predicted octanol–water partition coefficient (Wildman–Crippen LogP) is 1.79. The maximum Gasteiger partial charge on any atom is 0.0774 e. The first-order valence-electron chi connectivity index (χ1n) is 6.78. The number of hydrogen-bond acceptors (Lipinski definition) is 3. The van der Waals surface area contributed by atoms with Crippen molar-refractivity contribution in [3.63, 3.8) is 0 Å². The van der Waals surface area contributed by atoms with E-state index in [-0.39, 0.29) is 0 Å². The van der Waals surface area contributed by atoms with Crippen molar-refractivity contribution in [2.24, 2.45) is 0 Å². The van der Waals surface area contributed by atoms with E-state index < -0.39 is 5.60 Å². The van der Waals surface area contributed by atoms with E-state index in [9.17, 15) is 5.11 Å². The highest BCUT2D eigenvalue weighted by Crippen LogP contribution is 2.30. The van der Waals surface area contributed by atoms with E-state index in [0.717, 1.165) is 39.1 Å². The van der Waals surface area contributed by atoms with E-state index in [1.807, 2.05) is 0 Å². The van der Waals surface area contributed by atoms with Gasteiger partial charge in [0.1, 0.15) is 0 Å². The molecule has 1 unspecified atom stereocenters. The summed E-state index contributed by atoms with van der Waals surface area (Å²) in [5.41, 5.74) is -0.408. The molecule has 3 heteroatoms. The maximum absolute atomic E-state index is 10.4. The van der Waals surface area contributed by atoms with Crippen LogP contribution in [0.2, 0.25) is 0 Å². The van der Waals surface area contributed by atoms with Crippen LogP contribution in [0, 0.1) is 0 Å². The monoisotopic (exact) mass is 227 g/mol. The van der Waals surface area contributed by atoms with E-state index in [1.54, 1.807) is 0 Å². The van der Waals surface area contributed by atoms with Crippen molar-refractivity contribution in [2.45, 2.75) is 57.2 Å². The SMILES string of the molecule is CCN(CC1CCCO1)CC1(O)CCCC1. The van der Waals surface area contributed by atoms with Gasteiger partial charge >= 0.3 is 0 Å². The lowest BCUT2D eigenvalue weighted by molar-refractivity contribution is -0.00577. The van der Waals surface area contributed by atoms with Gasteiger partial charge in [-0.25, -0.2) is 0 Å². The zero-order valence-corrected chi connectivity index (χ0v) is 10.5. The Balaban J connectivity index is 1.79. The zero-order chi connectivity index (χ0) is 11.4. The average molecular weight is 227 g/mol. The summed E-state index contributed by atoms with van der Waals surface area (Å²) >= 11 is 0. The second-order valence-corrected chi connectivity index (χ2v) is 5.39. The van der Waals surface area contributed by atoms with Crippen LogP contribution in [-0.4, -0.2) is 48.0 Å². The Kier molecular flexibility index (Phi) is 4.22. The van der Waals surface area contributed by atoms with E-state index in [4.69, 9.17) is 4.74 Å². The highest BCUT2D eigenvalue weighted by Gasteiger charge is 2.33. The Hall–Kier alpha value is -0.120. The molecule has 1 aliphatic heterocycles. The zero-order valence-electron chi connectivity index (χ0n) is 10.5. The first-order valence-corrected chi connectivity index (χ1v) is 6.78. The van der Waals surface area contributed by atoms with E-state index in [1.165, 1.54) is 25.7 Å². The largest absolute Gasteiger partial charge is 0.389 e. The van der Waals surface area contributed by atoms with Gasteiger partial charge in [-0.2, -0.15) is 0 Å². The molecular formula is C13H25NO2. The van der Waals surface area contributed by atoms with E-state index in [0.29, 0.717) is 6.10 Å². The molecule has 0 spiro atoms. The predicted molar refractivity (Wildman–Crippen MR) is 64.5 cm³/mol. The molecule has 0 radical (unpaired) electrons. The van der Waals surface area contributed by atoms with Gasteiger partial charge in [-0.3, -0.25) is 4.90 Å². The van der Waals surface area contributed by atoms with Gasteiger partial charge in [0.2, 0.25) is 0 Å². The molecule has 1 aliphatic carbocycles. The van der Waals surface area contributed by atoms with Crippen molar-refractivity contribution >= 4 is 0 Å². The molecular weight excluding hydrogens is 202 g/mol. The van der Waals surface area contributed by atoms with Crippen molar-refractivity contribution in [3.8, 4) is 0 Å². The molecule has 1 saturated heterocycles. The number of rotatable bonds is 5. The molecule has 3 nitrogen and oxygen atoms in total. The third-order valence-electron chi connectivity index (χ3n) is 3.99. The van der Waals surface area contributed by atoms with Gasteiger partial charge in [-0.15, -0.1) is 0 Å². The van der Waals surface area contributed by atoms with Crippen LogP contribution in [0.25, 0.3) is 0 Å². The summed E-state index contributed by atoms with van der Waals surface area (Å²) in [6, 6.07) is 0. The van der Waals surface area contributed by atoms with E-state index in [2.05, 4.69) is 11.8 Å². The molecule has 2 rings (SSSR count). The van der Waals surface area contributed by atoms with Crippen LogP contribution in [-0.2, 0) is 4.74 Å². The summed E-state index contributed by atoms with van der Waals surface area (Å²) < 4.78 is 5.66. The molecule has 1 heterocycles. The topological polar surface area (TPSA) is 32.7 Å². The standard InChI is InChI=1S/C13H25NO2/c1-2-14(10-12-6-5-9-16-12)11-13(15)7-3-4-8-13/h12,15H,2-11H2,1H3. The third-order valence-corrected chi connectivity index (χ3v) is 3.99. The van der Waals surface area contributed by atoms with Crippen LogP contribution in [0.5, 0.6) is 0 Å². The molecule has 0 aromatic rings. The highest BCUT2D eigenvalue weighted by atomic mass is 16.5. The fourth-order valence-electron chi connectivity index (χ4n) is 2.99. The minimum atomic E-state index is -0.408. The maximum atomic E-state index is 10.4. The molecule has 16 heavy (non-hydrogen) atoms. The van der Waals surface area contributed by atoms with Crippen LogP contribution in [0.4, 0.5) is 0 Å². The van der Waals surface area contributed by atoms with Crippen LogP contribution in [0.3, 0.4) is 0 Å². The number of likely N-dealkylation sites (N-methyl/N-ethyl adjacent to an activating group) is 1. The van der Waals surface area contributed by atoms with Gasteiger partial charge in [0, 0.05) is 19.7 Å². The molecule has 0 bridgehead atoms. The number of aliphatic hydroxyl groups is 1. The fraction of sp³-hybridized carbons (Fsp3) is 1.00. The van der Waals surface area contributed by atoms with Gasteiger partial charge in [-0.05, 0) is 32.2 Å². The first kappa shape index (κ1) is 12.3. The van der Waals surface area contributed by atoms with Gasteiger partial charge in [0.05, 0.1) is 11.7 Å². The van der Waals surface area contributed by atoms with Gasteiger partial charge in [0.25, 0.3) is 0 Å². The Labute approximate surface area is 98.8 Å². The molecule has 0 aromatic heterocycles. The third kappa shape index (κ3) is 3.19. The molecule has 2 fully saturated rings. The summed E-state index contributed by atoms with van der Waals surface area (Å²) in [6.07, 6.45) is 7.14. The second kappa shape index (κ2) is 5.48. The molecule has 94 valence electrons. The first-order chi connectivity index (χ1) is 7.72.